The van der Waals surface area contributed by atoms with Gasteiger partial charge in [0.2, 0.25) is 10.0 Å². The Morgan fingerprint density at radius 3 is 2.74 bits per heavy atom. The van der Waals surface area contributed by atoms with Crippen molar-refractivity contribution in [1.82, 2.24) is 4.72 Å². The first-order valence-electron chi connectivity index (χ1n) is 9.08. The number of ether oxygens (including phenoxy) is 1. The zero-order valence-electron chi connectivity index (χ0n) is 15.5. The third kappa shape index (κ3) is 6.92. The topological polar surface area (TPSA) is 72.5 Å². The lowest BCUT2D eigenvalue weighted by atomic mass is 9.99. The van der Waals surface area contributed by atoms with Crippen LogP contribution in [-0.4, -0.2) is 28.0 Å². The molecule has 1 aromatic carbocycles. The monoisotopic (exact) mass is 395 g/mol. The van der Waals surface area contributed by atoms with E-state index in [1.807, 2.05) is 6.08 Å². The molecule has 7 heteroatoms. The van der Waals surface area contributed by atoms with Crippen LogP contribution in [0.2, 0.25) is 0 Å². The maximum atomic E-state index is 13.0. The van der Waals surface area contributed by atoms with Gasteiger partial charge in [-0.1, -0.05) is 23.8 Å². The molecular formula is C20H26FNO4S. The van der Waals surface area contributed by atoms with Crippen molar-refractivity contribution in [1.29, 1.82) is 0 Å². The van der Waals surface area contributed by atoms with Crippen LogP contribution in [0.1, 0.15) is 38.5 Å². The van der Waals surface area contributed by atoms with E-state index in [1.165, 1.54) is 24.8 Å². The van der Waals surface area contributed by atoms with Gasteiger partial charge in [-0.15, -0.1) is 0 Å². The van der Waals surface area contributed by atoms with E-state index in [2.05, 4.69) is 21.6 Å². The number of carbonyl (C=O) groups excluding carboxylic acids is 1. The molecule has 0 spiro atoms. The molecule has 148 valence electrons. The average Bonchev–Trinajstić information content (AvgIpc) is 3.10. The summed E-state index contributed by atoms with van der Waals surface area (Å²) in [5.74, 6) is -0.497. The maximum absolute atomic E-state index is 13.0. The molecule has 1 atom stereocenters. The first-order valence-corrected chi connectivity index (χ1v) is 10.6. The van der Waals surface area contributed by atoms with Crippen molar-refractivity contribution in [2.75, 3.05) is 13.7 Å². The molecule has 1 aromatic rings. The molecule has 0 fully saturated rings. The summed E-state index contributed by atoms with van der Waals surface area (Å²) >= 11 is 0. The van der Waals surface area contributed by atoms with Crippen LogP contribution in [0.3, 0.4) is 0 Å². The molecule has 2 rings (SSSR count). The molecule has 0 aliphatic heterocycles. The van der Waals surface area contributed by atoms with E-state index >= 15 is 0 Å². The molecule has 0 unspecified atom stereocenters. The van der Waals surface area contributed by atoms with Crippen molar-refractivity contribution in [3.05, 3.63) is 53.9 Å². The van der Waals surface area contributed by atoms with Crippen molar-refractivity contribution in [3.63, 3.8) is 0 Å². The lowest BCUT2D eigenvalue weighted by molar-refractivity contribution is -0.140. The highest BCUT2D eigenvalue weighted by atomic mass is 32.2. The predicted molar refractivity (Wildman–Crippen MR) is 102 cm³/mol. The normalized spacial score (nSPS) is 17.3. The van der Waals surface area contributed by atoms with Gasteiger partial charge in [0.1, 0.15) is 5.82 Å². The summed E-state index contributed by atoms with van der Waals surface area (Å²) < 4.78 is 44.8. The van der Waals surface area contributed by atoms with Crippen LogP contribution in [0, 0.1) is 11.7 Å². The molecule has 1 N–H and O–H groups in total. The van der Waals surface area contributed by atoms with Crippen LogP contribution in [0.5, 0.6) is 0 Å². The van der Waals surface area contributed by atoms with Gasteiger partial charge in [0.15, 0.2) is 0 Å². The number of hydrogen-bond donors (Lipinski definition) is 1. The molecule has 1 aliphatic carbocycles. The van der Waals surface area contributed by atoms with Crippen LogP contribution in [0.25, 0.3) is 0 Å². The van der Waals surface area contributed by atoms with Gasteiger partial charge in [0, 0.05) is 13.0 Å². The second kappa shape index (κ2) is 10.4. The highest BCUT2D eigenvalue weighted by Crippen LogP contribution is 2.28. The summed E-state index contributed by atoms with van der Waals surface area (Å²) in [4.78, 5) is 11.1. The van der Waals surface area contributed by atoms with E-state index in [1.54, 1.807) is 0 Å². The molecular weight excluding hydrogens is 369 g/mol. The number of halogens is 1. The largest absolute Gasteiger partial charge is 0.469 e. The number of esters is 1. The maximum Gasteiger partial charge on any atom is 0.305 e. The Morgan fingerprint density at radius 1 is 1.30 bits per heavy atom. The predicted octanol–water partition coefficient (Wildman–Crippen LogP) is 3.73. The molecule has 0 heterocycles. The Kier molecular flexibility index (Phi) is 8.19. The third-order valence-electron chi connectivity index (χ3n) is 4.59. The van der Waals surface area contributed by atoms with Gasteiger partial charge < -0.3 is 4.74 Å². The van der Waals surface area contributed by atoms with Gasteiger partial charge in [0.25, 0.3) is 0 Å². The van der Waals surface area contributed by atoms with Gasteiger partial charge in [-0.2, -0.15) is 0 Å². The van der Waals surface area contributed by atoms with E-state index in [4.69, 9.17) is 0 Å². The van der Waals surface area contributed by atoms with Crippen LogP contribution >= 0.6 is 0 Å². The molecule has 0 radical (unpaired) electrons. The number of hydrogen-bond acceptors (Lipinski definition) is 4. The standard InChI is InChI=1S/C20H26FNO4S/c1-26-20(23)10-5-3-2-4-7-16-8-6-9-17(16)15-22-27(24,25)19-13-11-18(21)12-14-19/h2,4,8,11-14,17,22H,3,5-7,9-10,15H2,1H3/b4-2-/t17-/m1/s1. The fourth-order valence-corrected chi connectivity index (χ4v) is 4.10. The minimum absolute atomic E-state index is 0.0675. The van der Waals surface area contributed by atoms with Gasteiger partial charge in [-0.3, -0.25) is 4.79 Å². The second-order valence-corrected chi connectivity index (χ2v) is 8.27. The molecule has 0 saturated heterocycles. The number of nitrogens with one attached hydrogen (secondary N) is 1. The minimum Gasteiger partial charge on any atom is -0.469 e. The Balaban J connectivity index is 1.79. The summed E-state index contributed by atoms with van der Waals surface area (Å²) in [7, 11) is -2.25. The van der Waals surface area contributed by atoms with Crippen molar-refractivity contribution in [2.45, 2.75) is 43.4 Å². The molecule has 0 amide bonds. The van der Waals surface area contributed by atoms with E-state index in [-0.39, 0.29) is 16.8 Å². The number of methoxy groups -OCH3 is 1. The van der Waals surface area contributed by atoms with Crippen molar-refractivity contribution >= 4 is 16.0 Å². The van der Waals surface area contributed by atoms with Crippen LogP contribution in [0.15, 0.2) is 53.0 Å². The average molecular weight is 395 g/mol. The van der Waals surface area contributed by atoms with Crippen molar-refractivity contribution in [2.24, 2.45) is 5.92 Å². The molecule has 27 heavy (non-hydrogen) atoms. The van der Waals surface area contributed by atoms with Crippen molar-refractivity contribution in [3.8, 4) is 0 Å². The van der Waals surface area contributed by atoms with Gasteiger partial charge in [-0.25, -0.2) is 17.5 Å². The Hall–Kier alpha value is -1.99. The third-order valence-corrected chi connectivity index (χ3v) is 6.03. The zero-order valence-corrected chi connectivity index (χ0v) is 16.3. The molecule has 0 bridgehead atoms. The Labute approximate surface area is 160 Å². The zero-order chi connectivity index (χ0) is 19.7. The van der Waals surface area contributed by atoms with E-state index in [0.29, 0.717) is 13.0 Å². The number of unbranched alkanes of at least 4 members (excludes halogenated alkanes) is 1. The second-order valence-electron chi connectivity index (χ2n) is 6.50. The number of allylic oxidation sites excluding steroid dienone is 3. The molecule has 1 aliphatic rings. The molecule has 0 aromatic heterocycles. The minimum atomic E-state index is -3.64. The van der Waals surface area contributed by atoms with Crippen molar-refractivity contribution < 1.29 is 22.3 Å². The van der Waals surface area contributed by atoms with Gasteiger partial charge in [-0.05, 0) is 62.3 Å². The lowest BCUT2D eigenvalue weighted by Crippen LogP contribution is -2.29. The van der Waals surface area contributed by atoms with Crippen LogP contribution in [-0.2, 0) is 19.6 Å². The first-order chi connectivity index (χ1) is 12.9. The summed E-state index contributed by atoms with van der Waals surface area (Å²) in [6.45, 7) is 0.335. The number of sulfonamides is 1. The number of carbonyl (C=O) groups is 1. The lowest BCUT2D eigenvalue weighted by Gasteiger charge is -2.15. The Bertz CT molecular complexity index is 785. The first kappa shape index (κ1) is 21.3. The fraction of sp³-hybridized carbons (Fsp3) is 0.450. The summed E-state index contributed by atoms with van der Waals surface area (Å²) in [6.07, 6.45) is 10.9. The molecule has 5 nitrogen and oxygen atoms in total. The SMILES string of the molecule is COC(=O)CCC/C=C\CC1=CCC[C@@H]1CNS(=O)(=O)c1ccc(F)cc1. The van der Waals surface area contributed by atoms with Crippen LogP contribution < -0.4 is 4.72 Å². The summed E-state index contributed by atoms with van der Waals surface area (Å²) in [5.41, 5.74) is 1.22. The van der Waals surface area contributed by atoms with Gasteiger partial charge in [0.05, 0.1) is 12.0 Å². The summed E-state index contributed by atoms with van der Waals surface area (Å²) in [5, 5.41) is 0. The van der Waals surface area contributed by atoms with Crippen LogP contribution in [0.4, 0.5) is 4.39 Å². The fourth-order valence-electron chi connectivity index (χ4n) is 3.02. The highest BCUT2D eigenvalue weighted by molar-refractivity contribution is 7.89. The smallest absolute Gasteiger partial charge is 0.305 e. The summed E-state index contributed by atoms with van der Waals surface area (Å²) in [6, 6.07) is 4.81. The van der Waals surface area contributed by atoms with E-state index in [9.17, 15) is 17.6 Å². The van der Waals surface area contributed by atoms with E-state index < -0.39 is 15.8 Å². The van der Waals surface area contributed by atoms with E-state index in [0.717, 1.165) is 44.2 Å². The number of benzene rings is 1. The van der Waals surface area contributed by atoms with Gasteiger partial charge >= 0.3 is 5.97 Å². The number of rotatable bonds is 10. The molecule has 0 saturated carbocycles. The highest BCUT2D eigenvalue weighted by Gasteiger charge is 2.21. The Morgan fingerprint density at radius 2 is 2.04 bits per heavy atom. The quantitative estimate of drug-likeness (QED) is 0.372.